The molecule has 2 fully saturated rings. The summed E-state index contributed by atoms with van der Waals surface area (Å²) in [6.07, 6.45) is 1.78. The number of halogens is 1. The molecule has 3 aromatic heterocycles. The van der Waals surface area contributed by atoms with Crippen LogP contribution in [0.1, 0.15) is 66.3 Å². The van der Waals surface area contributed by atoms with Gasteiger partial charge in [-0.2, -0.15) is 4.98 Å². The van der Waals surface area contributed by atoms with E-state index in [0.29, 0.717) is 47.8 Å². The van der Waals surface area contributed by atoms with Crippen LogP contribution in [0, 0.1) is 0 Å². The Morgan fingerprint density at radius 2 is 1.83 bits per heavy atom. The van der Waals surface area contributed by atoms with Gasteiger partial charge in [0.2, 0.25) is 0 Å². The van der Waals surface area contributed by atoms with E-state index < -0.39 is 6.10 Å². The summed E-state index contributed by atoms with van der Waals surface area (Å²) in [5, 5.41) is 13.8. The molecule has 2 aliphatic heterocycles. The molecule has 6 rings (SSSR count). The van der Waals surface area contributed by atoms with Crippen LogP contribution in [-0.4, -0.2) is 83.0 Å². The molecule has 3 N–H and O–H groups in total. The molecular formula is C29H46ClN5O6. The quantitative estimate of drug-likeness (QED) is 0.292. The van der Waals surface area contributed by atoms with E-state index in [9.17, 15) is 5.11 Å². The number of nitrogens with zero attached hydrogens (tertiary/aromatic N) is 3. The first-order chi connectivity index (χ1) is 19.1. The molecule has 0 amide bonds. The van der Waals surface area contributed by atoms with Crippen molar-refractivity contribution in [2.24, 2.45) is 0 Å². The van der Waals surface area contributed by atoms with Crippen LogP contribution in [-0.2, 0) is 20.6 Å². The maximum atomic E-state index is 9.92. The molecule has 0 radical (unpaired) electrons. The first kappa shape index (κ1) is 34.5. The molecule has 12 heteroatoms. The van der Waals surface area contributed by atoms with Gasteiger partial charge in [-0.25, -0.2) is 4.98 Å². The van der Waals surface area contributed by atoms with Crippen LogP contribution >= 0.6 is 11.6 Å². The highest BCUT2D eigenvalue weighted by molar-refractivity contribution is 6.33. The monoisotopic (exact) mass is 595 g/mol. The Morgan fingerprint density at radius 3 is 2.59 bits per heavy atom. The van der Waals surface area contributed by atoms with E-state index in [1.807, 2.05) is 33.8 Å². The number of pyridine rings is 2. The van der Waals surface area contributed by atoms with Gasteiger partial charge in [0, 0.05) is 7.11 Å². The number of aliphatic hydroxyl groups is 1. The number of ether oxygens (including phenoxy) is 5. The Balaban J connectivity index is 0.000000941. The highest BCUT2D eigenvalue weighted by Crippen LogP contribution is 2.36. The Morgan fingerprint density at radius 1 is 1.07 bits per heavy atom. The standard InChI is InChI=1S/C23H26ClN5O6.2C2H6.2CH4/c1-31-4-5-32-12-6-11-2-3-14(18(11)25-8-12)26-21-13(24)7-15-22(28-21)29-23(27-15)35-17-10-34-19-16(30)9-33-20(17)19;2*1-2;;/h6-8,14,16-17,19-20,30H,2-5,9-10H2,1H3,(H2,26,27,28,29);2*1-2H3;2*1H4/t14?,16-,17-,19?,20-;;;;/m1..../s1. The van der Waals surface area contributed by atoms with Crippen molar-refractivity contribution in [3.8, 4) is 11.8 Å². The molecule has 2 unspecified atom stereocenters. The van der Waals surface area contributed by atoms with E-state index >= 15 is 0 Å². The number of aromatic nitrogens is 4. The minimum atomic E-state index is -0.636. The van der Waals surface area contributed by atoms with Gasteiger partial charge in [0.1, 0.15) is 36.5 Å². The molecule has 3 aliphatic rings. The van der Waals surface area contributed by atoms with Gasteiger partial charge >= 0.3 is 0 Å². The molecule has 0 aromatic carbocycles. The number of rotatable bonds is 8. The summed E-state index contributed by atoms with van der Waals surface area (Å²) < 4.78 is 27.9. The second-order valence-electron chi connectivity index (χ2n) is 8.84. The summed E-state index contributed by atoms with van der Waals surface area (Å²) in [6.45, 7) is 9.57. The van der Waals surface area contributed by atoms with E-state index in [-0.39, 0.29) is 45.8 Å². The van der Waals surface area contributed by atoms with Crippen LogP contribution in [0.25, 0.3) is 11.2 Å². The molecule has 0 bridgehead atoms. The van der Waals surface area contributed by atoms with Gasteiger partial charge in [0.15, 0.2) is 11.8 Å². The van der Waals surface area contributed by atoms with Gasteiger partial charge < -0.3 is 39.1 Å². The van der Waals surface area contributed by atoms with Crippen molar-refractivity contribution in [2.75, 3.05) is 38.9 Å². The highest BCUT2D eigenvalue weighted by Gasteiger charge is 2.48. The Bertz CT molecular complexity index is 1230. The van der Waals surface area contributed by atoms with Gasteiger partial charge in [-0.1, -0.05) is 54.1 Å². The van der Waals surface area contributed by atoms with Crippen molar-refractivity contribution in [1.82, 2.24) is 19.9 Å². The van der Waals surface area contributed by atoms with Crippen LogP contribution in [0.3, 0.4) is 0 Å². The second kappa shape index (κ2) is 16.1. The van der Waals surface area contributed by atoms with Crippen LogP contribution in [0.15, 0.2) is 18.3 Å². The molecule has 0 spiro atoms. The normalized spacial score (nSPS) is 23.5. The molecule has 41 heavy (non-hydrogen) atoms. The van der Waals surface area contributed by atoms with Crippen molar-refractivity contribution in [3.05, 3.63) is 34.6 Å². The third kappa shape index (κ3) is 7.58. The minimum Gasteiger partial charge on any atom is -0.490 e. The summed E-state index contributed by atoms with van der Waals surface area (Å²) >= 11 is 6.54. The number of anilines is 1. The average molecular weight is 596 g/mol. The molecule has 3 aromatic rings. The number of imidazole rings is 1. The molecule has 11 nitrogen and oxygen atoms in total. The van der Waals surface area contributed by atoms with Crippen molar-refractivity contribution in [3.63, 3.8) is 0 Å². The van der Waals surface area contributed by atoms with E-state index in [1.165, 1.54) is 0 Å². The zero-order chi connectivity index (χ0) is 27.9. The highest BCUT2D eigenvalue weighted by atomic mass is 35.5. The van der Waals surface area contributed by atoms with E-state index in [0.717, 1.165) is 29.8 Å². The van der Waals surface area contributed by atoms with Gasteiger partial charge in [-0.05, 0) is 30.5 Å². The molecule has 230 valence electrons. The SMILES string of the molecule is C.C.CC.CC.COCCOc1cnc2c(c1)CCC2Nc1nc2nc(O[C@@H]3COC4[C@H](O)CO[C@@H]43)[nH]c2cc1Cl. The third-order valence-electron chi connectivity index (χ3n) is 6.53. The smallest absolute Gasteiger partial charge is 0.296 e. The van der Waals surface area contributed by atoms with Crippen LogP contribution in [0.4, 0.5) is 5.82 Å². The fraction of sp³-hybridized carbons (Fsp3) is 0.621. The predicted molar refractivity (Wildman–Crippen MR) is 161 cm³/mol. The fourth-order valence-electron chi connectivity index (χ4n) is 4.82. The molecule has 2 saturated heterocycles. The minimum absolute atomic E-state index is 0. The third-order valence-corrected chi connectivity index (χ3v) is 6.81. The number of aromatic amines is 1. The van der Waals surface area contributed by atoms with Crippen molar-refractivity contribution < 1.29 is 28.8 Å². The fourth-order valence-corrected chi connectivity index (χ4v) is 5.02. The number of fused-ring (bicyclic) bond motifs is 3. The van der Waals surface area contributed by atoms with Crippen LogP contribution in [0.2, 0.25) is 5.02 Å². The molecule has 5 heterocycles. The topological polar surface area (TPSA) is 133 Å². The Labute approximate surface area is 248 Å². The lowest BCUT2D eigenvalue weighted by molar-refractivity contribution is 0.00706. The van der Waals surface area contributed by atoms with E-state index in [1.54, 1.807) is 19.4 Å². The number of aryl methyl sites for hydroxylation is 1. The van der Waals surface area contributed by atoms with Crippen molar-refractivity contribution >= 4 is 28.6 Å². The first-order valence-corrected chi connectivity index (χ1v) is 14.0. The average Bonchev–Trinajstić information content (AvgIpc) is 3.73. The number of nitrogens with one attached hydrogen (secondary N) is 2. The van der Waals surface area contributed by atoms with Crippen LogP contribution < -0.4 is 14.8 Å². The summed E-state index contributed by atoms with van der Waals surface area (Å²) in [7, 11) is 1.64. The number of H-pyrrole nitrogens is 1. The van der Waals surface area contributed by atoms with E-state index in [4.69, 9.17) is 35.3 Å². The summed E-state index contributed by atoms with van der Waals surface area (Å²) in [5.41, 5.74) is 3.23. The number of hydrogen-bond acceptors (Lipinski definition) is 10. The lowest BCUT2D eigenvalue weighted by Crippen LogP contribution is -2.34. The molecule has 5 atom stereocenters. The molecule has 1 aliphatic carbocycles. The van der Waals surface area contributed by atoms with Gasteiger partial charge in [0.25, 0.3) is 6.01 Å². The molecule has 0 saturated carbocycles. The lowest BCUT2D eigenvalue weighted by atomic mass is 10.1. The van der Waals surface area contributed by atoms with Gasteiger partial charge in [-0.3, -0.25) is 4.98 Å². The molecular weight excluding hydrogens is 550 g/mol. The number of methoxy groups -OCH3 is 1. The van der Waals surface area contributed by atoms with Crippen molar-refractivity contribution in [2.45, 2.75) is 85.8 Å². The zero-order valence-electron chi connectivity index (χ0n) is 23.1. The van der Waals surface area contributed by atoms with E-state index in [2.05, 4.69) is 25.3 Å². The predicted octanol–water partition coefficient (Wildman–Crippen LogP) is 5.36. The second-order valence-corrected chi connectivity index (χ2v) is 9.25. The Kier molecular flexibility index (Phi) is 13.5. The maximum absolute atomic E-state index is 9.92. The van der Waals surface area contributed by atoms with Crippen LogP contribution in [0.5, 0.6) is 11.8 Å². The maximum Gasteiger partial charge on any atom is 0.296 e. The number of aliphatic hydroxyl groups excluding tert-OH is 1. The Hall–Kier alpha value is -2.70. The summed E-state index contributed by atoms with van der Waals surface area (Å²) in [5.74, 6) is 1.27. The lowest BCUT2D eigenvalue weighted by Gasteiger charge is -2.15. The zero-order valence-corrected chi connectivity index (χ0v) is 23.8. The number of hydrogen-bond donors (Lipinski definition) is 3. The first-order valence-electron chi connectivity index (χ1n) is 13.6. The van der Waals surface area contributed by atoms with Crippen molar-refractivity contribution in [1.29, 1.82) is 0 Å². The van der Waals surface area contributed by atoms with Gasteiger partial charge in [0.05, 0.1) is 48.3 Å². The van der Waals surface area contributed by atoms with Gasteiger partial charge in [-0.15, -0.1) is 0 Å². The summed E-state index contributed by atoms with van der Waals surface area (Å²) in [4.78, 5) is 16.8. The largest absolute Gasteiger partial charge is 0.490 e. The summed E-state index contributed by atoms with van der Waals surface area (Å²) in [6, 6.07) is 4.08.